The molecule has 1 aromatic rings. The van der Waals surface area contributed by atoms with Gasteiger partial charge in [-0.05, 0) is 59.7 Å². The molecular weight excluding hydrogens is 249 g/mol. The van der Waals surface area contributed by atoms with Crippen LogP contribution in [0.5, 0.6) is 0 Å². The van der Waals surface area contributed by atoms with E-state index in [0.717, 1.165) is 30.9 Å². The Morgan fingerprint density at radius 1 is 1.15 bits per heavy atom. The molecule has 1 N–H and O–H groups in total. The maximum absolute atomic E-state index is 13.2. The van der Waals surface area contributed by atoms with Crippen molar-refractivity contribution in [2.24, 2.45) is 16.7 Å². The predicted molar refractivity (Wildman–Crippen MR) is 81.2 cm³/mol. The van der Waals surface area contributed by atoms with Crippen LogP contribution in [0, 0.1) is 22.6 Å². The molecule has 0 radical (unpaired) electrons. The van der Waals surface area contributed by atoms with E-state index in [-0.39, 0.29) is 5.82 Å². The van der Waals surface area contributed by atoms with E-state index in [2.05, 4.69) is 39.1 Å². The van der Waals surface area contributed by atoms with Crippen LogP contribution in [0.4, 0.5) is 4.39 Å². The Kier molecular flexibility index (Phi) is 3.20. The highest BCUT2D eigenvalue weighted by Crippen LogP contribution is 2.68. The molecule has 2 fully saturated rings. The molecule has 0 saturated heterocycles. The van der Waals surface area contributed by atoms with E-state index in [4.69, 9.17) is 0 Å². The van der Waals surface area contributed by atoms with Gasteiger partial charge < -0.3 is 5.32 Å². The fourth-order valence-electron chi connectivity index (χ4n) is 3.95. The Labute approximate surface area is 122 Å². The minimum absolute atomic E-state index is 0.111. The molecule has 0 unspecified atom stereocenters. The summed E-state index contributed by atoms with van der Waals surface area (Å²) in [6, 6.07) is 7.71. The van der Waals surface area contributed by atoms with Crippen LogP contribution in [0.2, 0.25) is 0 Å². The largest absolute Gasteiger partial charge is 0.314 e. The molecule has 0 amide bonds. The molecule has 0 aliphatic heterocycles. The third-order valence-electron chi connectivity index (χ3n) is 6.39. The van der Waals surface area contributed by atoms with E-state index in [1.807, 2.05) is 6.07 Å². The van der Waals surface area contributed by atoms with Gasteiger partial charge in [0.2, 0.25) is 0 Å². The highest BCUT2D eigenvalue weighted by Gasteiger charge is 2.64. The van der Waals surface area contributed by atoms with Gasteiger partial charge in [0.25, 0.3) is 0 Å². The molecule has 0 bridgehead atoms. The zero-order chi connectivity index (χ0) is 14.5. The first-order chi connectivity index (χ1) is 9.32. The van der Waals surface area contributed by atoms with E-state index in [1.165, 1.54) is 6.07 Å². The fraction of sp³-hybridized carbons (Fsp3) is 0.667. The van der Waals surface area contributed by atoms with E-state index < -0.39 is 0 Å². The number of hydrogen-bond donors (Lipinski definition) is 1. The van der Waals surface area contributed by atoms with E-state index >= 15 is 0 Å². The number of hydrogen-bond acceptors (Lipinski definition) is 1. The van der Waals surface area contributed by atoms with Gasteiger partial charge in [0.15, 0.2) is 0 Å². The molecular formula is C18H26FN. The lowest BCUT2D eigenvalue weighted by Gasteiger charge is -2.36. The van der Waals surface area contributed by atoms with Crippen LogP contribution in [-0.2, 0) is 0 Å². The Hall–Kier alpha value is -0.890. The van der Waals surface area contributed by atoms with Crippen molar-refractivity contribution in [3.63, 3.8) is 0 Å². The van der Waals surface area contributed by atoms with Crippen LogP contribution >= 0.6 is 0 Å². The average molecular weight is 275 g/mol. The lowest BCUT2D eigenvalue weighted by atomic mass is 9.76. The van der Waals surface area contributed by atoms with Gasteiger partial charge in [-0.3, -0.25) is 0 Å². The summed E-state index contributed by atoms with van der Waals surface area (Å²) < 4.78 is 13.2. The quantitative estimate of drug-likeness (QED) is 0.861. The van der Waals surface area contributed by atoms with Gasteiger partial charge in [-0.1, -0.05) is 39.8 Å². The van der Waals surface area contributed by atoms with Crippen molar-refractivity contribution >= 4 is 0 Å². The minimum atomic E-state index is -0.111. The third-order valence-corrected chi connectivity index (χ3v) is 6.39. The summed E-state index contributed by atoms with van der Waals surface area (Å²) in [4.78, 5) is 0. The van der Waals surface area contributed by atoms with Crippen molar-refractivity contribution in [1.29, 1.82) is 0 Å². The summed E-state index contributed by atoms with van der Waals surface area (Å²) in [5.74, 6) is 1.21. The number of halogens is 1. The Balaban J connectivity index is 1.46. The maximum atomic E-state index is 13.2. The molecule has 20 heavy (non-hydrogen) atoms. The molecule has 0 aromatic heterocycles. The highest BCUT2D eigenvalue weighted by molar-refractivity contribution is 5.24. The number of benzene rings is 1. The van der Waals surface area contributed by atoms with Gasteiger partial charge in [-0.2, -0.15) is 0 Å². The van der Waals surface area contributed by atoms with Crippen LogP contribution in [0.25, 0.3) is 0 Å². The van der Waals surface area contributed by atoms with Crippen LogP contribution < -0.4 is 5.32 Å². The van der Waals surface area contributed by atoms with Crippen molar-refractivity contribution < 1.29 is 4.39 Å². The molecule has 3 rings (SSSR count). The molecule has 0 heterocycles. The molecule has 110 valence electrons. The topological polar surface area (TPSA) is 12.0 Å². The van der Waals surface area contributed by atoms with Crippen LogP contribution in [0.15, 0.2) is 24.3 Å². The summed E-state index contributed by atoms with van der Waals surface area (Å²) in [5.41, 5.74) is 2.09. The standard InChI is InChI=1S/C18H26FN/c1-17(2)16(18(17,3)4)11-20-15-9-13(10-15)12-6-5-7-14(19)8-12/h5-8,13,15-16,20H,9-11H2,1-4H3. The smallest absolute Gasteiger partial charge is 0.123 e. The molecule has 2 aliphatic rings. The van der Waals surface area contributed by atoms with Gasteiger partial charge in [-0.25, -0.2) is 4.39 Å². The van der Waals surface area contributed by atoms with E-state index in [9.17, 15) is 4.39 Å². The van der Waals surface area contributed by atoms with Crippen molar-refractivity contribution in [1.82, 2.24) is 5.32 Å². The average Bonchev–Trinajstić information content (AvgIpc) is 2.69. The monoisotopic (exact) mass is 275 g/mol. The van der Waals surface area contributed by atoms with Crippen LogP contribution in [0.1, 0.15) is 52.0 Å². The molecule has 0 spiro atoms. The normalized spacial score (nSPS) is 30.9. The first-order valence-electron chi connectivity index (χ1n) is 7.81. The summed E-state index contributed by atoms with van der Waals surface area (Å²) in [6.45, 7) is 10.6. The van der Waals surface area contributed by atoms with Crippen LogP contribution in [-0.4, -0.2) is 12.6 Å². The zero-order valence-electron chi connectivity index (χ0n) is 13.0. The lowest BCUT2D eigenvalue weighted by molar-refractivity contribution is 0.281. The maximum Gasteiger partial charge on any atom is 0.123 e. The lowest BCUT2D eigenvalue weighted by Crippen LogP contribution is -2.41. The zero-order valence-corrected chi connectivity index (χ0v) is 13.0. The van der Waals surface area contributed by atoms with E-state index in [0.29, 0.717) is 22.8 Å². The molecule has 1 nitrogen and oxygen atoms in total. The van der Waals surface area contributed by atoms with Crippen molar-refractivity contribution in [3.05, 3.63) is 35.6 Å². The molecule has 1 aromatic carbocycles. The van der Waals surface area contributed by atoms with Gasteiger partial charge in [-0.15, -0.1) is 0 Å². The molecule has 2 aliphatic carbocycles. The molecule has 2 heteroatoms. The van der Waals surface area contributed by atoms with Crippen molar-refractivity contribution in [3.8, 4) is 0 Å². The molecule has 2 saturated carbocycles. The summed E-state index contributed by atoms with van der Waals surface area (Å²) in [5, 5.41) is 3.71. The number of nitrogens with one attached hydrogen (secondary N) is 1. The van der Waals surface area contributed by atoms with Crippen molar-refractivity contribution in [2.45, 2.75) is 52.5 Å². The second kappa shape index (κ2) is 4.56. The van der Waals surface area contributed by atoms with Gasteiger partial charge in [0.1, 0.15) is 5.82 Å². The SMILES string of the molecule is CC1(C)C(CNC2CC(c3cccc(F)c3)C2)C1(C)C. The first kappa shape index (κ1) is 14.1. The first-order valence-corrected chi connectivity index (χ1v) is 7.81. The summed E-state index contributed by atoms with van der Waals surface area (Å²) in [7, 11) is 0. The fourth-order valence-corrected chi connectivity index (χ4v) is 3.95. The Morgan fingerprint density at radius 2 is 1.80 bits per heavy atom. The second-order valence-electron chi connectivity index (χ2n) is 7.82. The third kappa shape index (κ3) is 2.18. The van der Waals surface area contributed by atoms with Crippen LogP contribution in [0.3, 0.4) is 0 Å². The van der Waals surface area contributed by atoms with Gasteiger partial charge in [0, 0.05) is 6.04 Å². The Morgan fingerprint density at radius 3 is 2.35 bits per heavy atom. The van der Waals surface area contributed by atoms with E-state index in [1.54, 1.807) is 6.07 Å². The molecule has 0 atom stereocenters. The highest BCUT2D eigenvalue weighted by atomic mass is 19.1. The number of rotatable bonds is 4. The predicted octanol–water partition coefficient (Wildman–Crippen LogP) is 4.34. The minimum Gasteiger partial charge on any atom is -0.314 e. The summed E-state index contributed by atoms with van der Waals surface area (Å²) in [6.07, 6.45) is 2.30. The van der Waals surface area contributed by atoms with Gasteiger partial charge >= 0.3 is 0 Å². The summed E-state index contributed by atoms with van der Waals surface area (Å²) >= 11 is 0. The van der Waals surface area contributed by atoms with Crippen molar-refractivity contribution in [2.75, 3.05) is 6.54 Å². The second-order valence-corrected chi connectivity index (χ2v) is 7.82. The Bertz CT molecular complexity index is 486. The van der Waals surface area contributed by atoms with Gasteiger partial charge in [0.05, 0.1) is 0 Å².